The van der Waals surface area contributed by atoms with Crippen molar-refractivity contribution in [2.75, 3.05) is 0 Å². The van der Waals surface area contributed by atoms with Crippen LogP contribution in [0.4, 0.5) is 4.39 Å². The van der Waals surface area contributed by atoms with E-state index in [1.807, 2.05) is 13.0 Å². The van der Waals surface area contributed by atoms with Crippen molar-refractivity contribution >= 4 is 0 Å². The van der Waals surface area contributed by atoms with E-state index in [-0.39, 0.29) is 5.82 Å². The highest BCUT2D eigenvalue weighted by atomic mass is 19.1. The maximum Gasteiger partial charge on any atom is 0.127 e. The molecule has 1 nitrogen and oxygen atoms in total. The summed E-state index contributed by atoms with van der Waals surface area (Å²) in [6, 6.07) is 5.67. The number of aryl methyl sites for hydroxylation is 1. The molecule has 0 spiro atoms. The molecule has 0 aromatic heterocycles. The Kier molecular flexibility index (Phi) is 3.73. The van der Waals surface area contributed by atoms with Crippen molar-refractivity contribution in [1.29, 1.82) is 0 Å². The van der Waals surface area contributed by atoms with Gasteiger partial charge in [-0.05, 0) is 32.3 Å². The molecule has 1 atom stereocenters. The van der Waals surface area contributed by atoms with Gasteiger partial charge in [0.05, 0.1) is 0 Å². The second-order valence-corrected chi connectivity index (χ2v) is 4.44. The zero-order valence-electron chi connectivity index (χ0n) is 9.67. The van der Waals surface area contributed by atoms with E-state index in [0.717, 1.165) is 17.5 Å². The first-order chi connectivity index (χ1) is 7.75. The molecule has 1 unspecified atom stereocenters. The summed E-state index contributed by atoms with van der Waals surface area (Å²) in [6.45, 7) is 2.60. The van der Waals surface area contributed by atoms with Gasteiger partial charge >= 0.3 is 0 Å². The van der Waals surface area contributed by atoms with Gasteiger partial charge in [-0.2, -0.15) is 0 Å². The summed E-state index contributed by atoms with van der Waals surface area (Å²) < 4.78 is 13.5. The third-order valence-electron chi connectivity index (χ3n) is 3.01. The minimum absolute atomic E-state index is 0.113. The molecule has 16 heavy (non-hydrogen) atoms. The highest BCUT2D eigenvalue weighted by molar-refractivity contribution is 5.24. The molecule has 0 saturated carbocycles. The number of allylic oxidation sites excluding steroid dienone is 1. The summed E-state index contributed by atoms with van der Waals surface area (Å²) in [6.07, 6.45) is 7.95. The molecule has 0 fully saturated rings. The first-order valence-corrected chi connectivity index (χ1v) is 5.91. The van der Waals surface area contributed by atoms with Crippen molar-refractivity contribution in [1.82, 2.24) is 5.32 Å². The Hall–Kier alpha value is -1.15. The second kappa shape index (κ2) is 5.26. The van der Waals surface area contributed by atoms with Crippen LogP contribution in [0.15, 0.2) is 30.4 Å². The molecule has 0 saturated heterocycles. The van der Waals surface area contributed by atoms with Crippen molar-refractivity contribution in [2.45, 2.75) is 38.8 Å². The summed E-state index contributed by atoms with van der Waals surface area (Å²) in [4.78, 5) is 0. The third kappa shape index (κ3) is 2.92. The molecule has 0 bridgehead atoms. The summed E-state index contributed by atoms with van der Waals surface area (Å²) in [5, 5.41) is 3.38. The van der Waals surface area contributed by atoms with E-state index in [4.69, 9.17) is 0 Å². The van der Waals surface area contributed by atoms with E-state index >= 15 is 0 Å². The Morgan fingerprint density at radius 3 is 3.06 bits per heavy atom. The maximum atomic E-state index is 13.5. The third-order valence-corrected chi connectivity index (χ3v) is 3.01. The van der Waals surface area contributed by atoms with E-state index in [0.29, 0.717) is 12.6 Å². The molecule has 0 aliphatic heterocycles. The maximum absolute atomic E-state index is 13.5. The Labute approximate surface area is 96.4 Å². The first kappa shape index (κ1) is 11.3. The Balaban J connectivity index is 1.95. The van der Waals surface area contributed by atoms with Gasteiger partial charge in [0.1, 0.15) is 5.82 Å². The monoisotopic (exact) mass is 219 g/mol. The lowest BCUT2D eigenvalue weighted by molar-refractivity contribution is 0.509. The van der Waals surface area contributed by atoms with Crippen molar-refractivity contribution in [3.8, 4) is 0 Å². The van der Waals surface area contributed by atoms with E-state index in [1.165, 1.54) is 12.8 Å². The Bertz CT molecular complexity index is 384. The van der Waals surface area contributed by atoms with Crippen molar-refractivity contribution in [2.24, 2.45) is 0 Å². The minimum Gasteiger partial charge on any atom is -0.306 e. The molecule has 1 aromatic rings. The van der Waals surface area contributed by atoms with Gasteiger partial charge in [0.2, 0.25) is 0 Å². The fourth-order valence-electron chi connectivity index (χ4n) is 2.06. The lowest BCUT2D eigenvalue weighted by atomic mass is 10.0. The standard InChI is InChI=1S/C14H18FN/c1-11-7-8-14(15)12(9-11)10-16-13-5-3-2-4-6-13/h3,5,7-9,13,16H,2,4,6,10H2,1H3. The van der Waals surface area contributed by atoms with E-state index in [1.54, 1.807) is 12.1 Å². The fourth-order valence-corrected chi connectivity index (χ4v) is 2.06. The first-order valence-electron chi connectivity index (χ1n) is 5.91. The Morgan fingerprint density at radius 2 is 2.31 bits per heavy atom. The normalized spacial score (nSPS) is 20.0. The average Bonchev–Trinajstić information content (AvgIpc) is 2.32. The van der Waals surface area contributed by atoms with Crippen LogP contribution in [0.3, 0.4) is 0 Å². The van der Waals surface area contributed by atoms with Gasteiger partial charge in [-0.25, -0.2) is 4.39 Å². The lowest BCUT2D eigenvalue weighted by Gasteiger charge is -2.18. The molecule has 0 heterocycles. The summed E-state index contributed by atoms with van der Waals surface area (Å²) in [5.41, 5.74) is 1.87. The molecular weight excluding hydrogens is 201 g/mol. The number of rotatable bonds is 3. The predicted octanol–water partition coefficient (Wildman–Crippen LogP) is 3.33. The lowest BCUT2D eigenvalue weighted by Crippen LogP contribution is -2.28. The molecule has 1 N–H and O–H groups in total. The van der Waals surface area contributed by atoms with Gasteiger partial charge < -0.3 is 5.32 Å². The van der Waals surface area contributed by atoms with Crippen LogP contribution in [-0.4, -0.2) is 6.04 Å². The minimum atomic E-state index is -0.113. The quantitative estimate of drug-likeness (QED) is 0.769. The van der Waals surface area contributed by atoms with Crippen LogP contribution in [0.25, 0.3) is 0 Å². The molecule has 2 heteroatoms. The number of nitrogens with one attached hydrogen (secondary N) is 1. The second-order valence-electron chi connectivity index (χ2n) is 4.44. The number of hydrogen-bond acceptors (Lipinski definition) is 1. The number of halogens is 1. The summed E-state index contributed by atoms with van der Waals surface area (Å²) in [7, 11) is 0. The van der Waals surface area contributed by atoms with E-state index in [2.05, 4.69) is 17.5 Å². The van der Waals surface area contributed by atoms with Crippen LogP contribution in [0.2, 0.25) is 0 Å². The molecule has 1 aliphatic rings. The topological polar surface area (TPSA) is 12.0 Å². The van der Waals surface area contributed by atoms with E-state index < -0.39 is 0 Å². The van der Waals surface area contributed by atoms with Gasteiger partial charge in [0.15, 0.2) is 0 Å². The van der Waals surface area contributed by atoms with E-state index in [9.17, 15) is 4.39 Å². The van der Waals surface area contributed by atoms with Crippen molar-refractivity contribution in [3.63, 3.8) is 0 Å². The van der Waals surface area contributed by atoms with Crippen LogP contribution in [-0.2, 0) is 6.54 Å². The van der Waals surface area contributed by atoms with Crippen LogP contribution < -0.4 is 5.32 Å². The van der Waals surface area contributed by atoms with Gasteiger partial charge in [0, 0.05) is 18.2 Å². The smallest absolute Gasteiger partial charge is 0.127 e. The van der Waals surface area contributed by atoms with Crippen molar-refractivity contribution < 1.29 is 4.39 Å². The number of hydrogen-bond donors (Lipinski definition) is 1. The molecule has 2 rings (SSSR count). The fraction of sp³-hybridized carbons (Fsp3) is 0.429. The zero-order valence-corrected chi connectivity index (χ0v) is 9.67. The molecular formula is C14H18FN. The molecule has 0 radical (unpaired) electrons. The average molecular weight is 219 g/mol. The SMILES string of the molecule is Cc1ccc(F)c(CNC2C=CCCC2)c1. The van der Waals surface area contributed by atoms with Gasteiger partial charge in [-0.3, -0.25) is 0 Å². The largest absolute Gasteiger partial charge is 0.306 e. The van der Waals surface area contributed by atoms with Crippen LogP contribution >= 0.6 is 0 Å². The van der Waals surface area contributed by atoms with Gasteiger partial charge in [-0.1, -0.05) is 29.8 Å². The molecule has 0 amide bonds. The summed E-state index contributed by atoms with van der Waals surface area (Å²) >= 11 is 0. The van der Waals surface area contributed by atoms with Gasteiger partial charge in [0.25, 0.3) is 0 Å². The zero-order chi connectivity index (χ0) is 11.4. The molecule has 1 aromatic carbocycles. The molecule has 86 valence electrons. The van der Waals surface area contributed by atoms with Crippen molar-refractivity contribution in [3.05, 3.63) is 47.3 Å². The highest BCUT2D eigenvalue weighted by Crippen LogP contribution is 2.13. The van der Waals surface area contributed by atoms with Crippen LogP contribution in [0.1, 0.15) is 30.4 Å². The Morgan fingerprint density at radius 1 is 1.44 bits per heavy atom. The van der Waals surface area contributed by atoms with Crippen LogP contribution in [0.5, 0.6) is 0 Å². The highest BCUT2D eigenvalue weighted by Gasteiger charge is 2.08. The predicted molar refractivity (Wildman–Crippen MR) is 64.8 cm³/mol. The summed E-state index contributed by atoms with van der Waals surface area (Å²) in [5.74, 6) is -0.113. The van der Waals surface area contributed by atoms with Crippen LogP contribution in [0, 0.1) is 12.7 Å². The molecule has 1 aliphatic carbocycles. The van der Waals surface area contributed by atoms with Gasteiger partial charge in [-0.15, -0.1) is 0 Å². The number of benzene rings is 1.